The van der Waals surface area contributed by atoms with Gasteiger partial charge >= 0.3 is 0 Å². The molecule has 2 aliphatic rings. The highest BCUT2D eigenvalue weighted by molar-refractivity contribution is 5.60. The topological polar surface area (TPSA) is 86.8 Å². The second-order valence-corrected chi connectivity index (χ2v) is 6.29. The molecule has 142 valence electrons. The number of benzene rings is 2. The molecule has 0 saturated carbocycles. The van der Waals surface area contributed by atoms with E-state index in [0.29, 0.717) is 37.3 Å². The molecule has 28 heavy (non-hydrogen) atoms. The van der Waals surface area contributed by atoms with E-state index in [9.17, 15) is 0 Å². The van der Waals surface area contributed by atoms with Crippen molar-refractivity contribution in [2.24, 2.45) is 0 Å². The molecule has 1 aromatic heterocycles. The summed E-state index contributed by atoms with van der Waals surface area (Å²) in [5.41, 5.74) is 1.90. The molecule has 8 heteroatoms. The summed E-state index contributed by atoms with van der Waals surface area (Å²) in [5.74, 6) is 4.21. The molecule has 0 saturated heterocycles. The van der Waals surface area contributed by atoms with Crippen LogP contribution in [-0.4, -0.2) is 30.0 Å². The summed E-state index contributed by atoms with van der Waals surface area (Å²) in [7, 11) is 0. The molecule has 3 heterocycles. The van der Waals surface area contributed by atoms with Crippen LogP contribution in [0.2, 0.25) is 0 Å². The van der Waals surface area contributed by atoms with E-state index < -0.39 is 0 Å². The predicted molar refractivity (Wildman–Crippen MR) is 103 cm³/mol. The molecule has 0 bridgehead atoms. The summed E-state index contributed by atoms with van der Waals surface area (Å²) in [4.78, 5) is 8.78. The van der Waals surface area contributed by atoms with Crippen molar-refractivity contribution in [3.8, 4) is 23.0 Å². The molecule has 0 amide bonds. The summed E-state index contributed by atoms with van der Waals surface area (Å²) >= 11 is 0. The minimum absolute atomic E-state index is 0.271. The number of anilines is 3. The Morgan fingerprint density at radius 3 is 2.57 bits per heavy atom. The molecule has 0 aliphatic carbocycles. The van der Waals surface area contributed by atoms with E-state index >= 15 is 0 Å². The molecule has 0 spiro atoms. The Labute approximate surface area is 161 Å². The molecular formula is C20H18N4O4. The second kappa shape index (κ2) is 7.15. The lowest BCUT2D eigenvalue weighted by Crippen LogP contribution is -2.15. The van der Waals surface area contributed by atoms with Crippen molar-refractivity contribution in [1.82, 2.24) is 9.97 Å². The number of fused-ring (bicyclic) bond motifs is 2. The lowest BCUT2D eigenvalue weighted by atomic mass is 10.2. The summed E-state index contributed by atoms with van der Waals surface area (Å²) in [6, 6.07) is 13.4. The van der Waals surface area contributed by atoms with Crippen LogP contribution in [0, 0.1) is 0 Å². The molecule has 5 rings (SSSR count). The first kappa shape index (κ1) is 16.5. The molecule has 8 nitrogen and oxygen atoms in total. The van der Waals surface area contributed by atoms with Gasteiger partial charge in [0, 0.05) is 24.5 Å². The van der Waals surface area contributed by atoms with Crippen LogP contribution in [0.15, 0.2) is 48.7 Å². The zero-order valence-corrected chi connectivity index (χ0v) is 15.0. The fourth-order valence-corrected chi connectivity index (χ4v) is 3.01. The highest BCUT2D eigenvalue weighted by atomic mass is 16.7. The molecule has 3 aromatic rings. The van der Waals surface area contributed by atoms with Crippen LogP contribution in [-0.2, 0) is 6.54 Å². The number of hydrogen-bond acceptors (Lipinski definition) is 8. The summed E-state index contributed by atoms with van der Waals surface area (Å²) in [5, 5.41) is 6.49. The van der Waals surface area contributed by atoms with Crippen molar-refractivity contribution in [2.75, 3.05) is 30.6 Å². The lowest BCUT2D eigenvalue weighted by molar-refractivity contribution is 0.171. The Morgan fingerprint density at radius 1 is 0.821 bits per heavy atom. The first-order valence-electron chi connectivity index (χ1n) is 8.96. The molecule has 2 aromatic carbocycles. The van der Waals surface area contributed by atoms with E-state index in [0.717, 1.165) is 28.5 Å². The summed E-state index contributed by atoms with van der Waals surface area (Å²) < 4.78 is 21.9. The highest BCUT2D eigenvalue weighted by Crippen LogP contribution is 2.34. The van der Waals surface area contributed by atoms with Crippen LogP contribution in [0.25, 0.3) is 0 Å². The fraction of sp³-hybridized carbons (Fsp3) is 0.200. The third kappa shape index (κ3) is 3.44. The molecular weight excluding hydrogens is 360 g/mol. The Bertz CT molecular complexity index is 1010. The van der Waals surface area contributed by atoms with E-state index in [-0.39, 0.29) is 6.79 Å². The number of nitrogens with zero attached hydrogens (tertiary/aromatic N) is 2. The Balaban J connectivity index is 1.26. The third-order valence-corrected chi connectivity index (χ3v) is 4.36. The van der Waals surface area contributed by atoms with Crippen molar-refractivity contribution >= 4 is 17.5 Å². The molecule has 2 aliphatic heterocycles. The van der Waals surface area contributed by atoms with Crippen molar-refractivity contribution in [2.45, 2.75) is 6.54 Å². The van der Waals surface area contributed by atoms with Crippen LogP contribution in [0.4, 0.5) is 17.5 Å². The standard InChI is InChI=1S/C20H18N4O4/c1-3-16-17(28-12-27-16)9-13(1)11-22-19-5-6-21-20(24-19)23-14-2-4-15-18(10-14)26-8-7-25-15/h1-6,9-10H,7-8,11-12H2,(H2,21,22,23,24). The van der Waals surface area contributed by atoms with Crippen molar-refractivity contribution < 1.29 is 18.9 Å². The van der Waals surface area contributed by atoms with Crippen molar-refractivity contribution in [3.63, 3.8) is 0 Å². The fourth-order valence-electron chi connectivity index (χ4n) is 3.01. The first-order chi connectivity index (χ1) is 13.8. The van der Waals surface area contributed by atoms with Gasteiger partial charge in [0.25, 0.3) is 0 Å². The van der Waals surface area contributed by atoms with E-state index in [1.54, 1.807) is 6.20 Å². The van der Waals surface area contributed by atoms with Crippen LogP contribution >= 0.6 is 0 Å². The zero-order valence-electron chi connectivity index (χ0n) is 15.0. The lowest BCUT2D eigenvalue weighted by Gasteiger charge is -2.19. The molecule has 0 fully saturated rings. The van der Waals surface area contributed by atoms with Crippen LogP contribution in [0.3, 0.4) is 0 Å². The minimum Gasteiger partial charge on any atom is -0.486 e. The van der Waals surface area contributed by atoms with Gasteiger partial charge in [-0.25, -0.2) is 4.98 Å². The maximum absolute atomic E-state index is 5.61. The SMILES string of the molecule is c1cc(NCc2ccc3c(c2)OCO3)nc(Nc2ccc3c(c2)OCCO3)n1. The second-order valence-electron chi connectivity index (χ2n) is 6.29. The quantitative estimate of drug-likeness (QED) is 0.699. The number of hydrogen-bond donors (Lipinski definition) is 2. The number of aromatic nitrogens is 2. The monoisotopic (exact) mass is 378 g/mol. The number of rotatable bonds is 5. The maximum atomic E-state index is 5.61. The first-order valence-corrected chi connectivity index (χ1v) is 8.96. The van der Waals surface area contributed by atoms with E-state index in [1.807, 2.05) is 42.5 Å². The van der Waals surface area contributed by atoms with Crippen LogP contribution in [0.5, 0.6) is 23.0 Å². The molecule has 0 radical (unpaired) electrons. The van der Waals surface area contributed by atoms with Gasteiger partial charge in [-0.05, 0) is 35.9 Å². The Morgan fingerprint density at radius 2 is 1.61 bits per heavy atom. The highest BCUT2D eigenvalue weighted by Gasteiger charge is 2.14. The van der Waals surface area contributed by atoms with Gasteiger partial charge in [0.1, 0.15) is 19.0 Å². The Hall–Kier alpha value is -3.68. The largest absolute Gasteiger partial charge is 0.486 e. The van der Waals surface area contributed by atoms with Gasteiger partial charge in [-0.1, -0.05) is 6.07 Å². The van der Waals surface area contributed by atoms with Gasteiger partial charge in [-0.15, -0.1) is 0 Å². The van der Waals surface area contributed by atoms with Gasteiger partial charge in [-0.2, -0.15) is 4.98 Å². The van der Waals surface area contributed by atoms with E-state index in [2.05, 4.69) is 20.6 Å². The smallest absolute Gasteiger partial charge is 0.231 e. The molecule has 2 N–H and O–H groups in total. The zero-order chi connectivity index (χ0) is 18.8. The minimum atomic E-state index is 0.271. The van der Waals surface area contributed by atoms with Crippen molar-refractivity contribution in [1.29, 1.82) is 0 Å². The van der Waals surface area contributed by atoms with Gasteiger partial charge in [0.2, 0.25) is 12.7 Å². The van der Waals surface area contributed by atoms with Gasteiger partial charge in [0.15, 0.2) is 23.0 Å². The van der Waals surface area contributed by atoms with Gasteiger partial charge in [-0.3, -0.25) is 0 Å². The molecule has 0 unspecified atom stereocenters. The Kier molecular flexibility index (Phi) is 4.21. The van der Waals surface area contributed by atoms with Crippen LogP contribution < -0.4 is 29.6 Å². The average molecular weight is 378 g/mol. The number of nitrogens with one attached hydrogen (secondary N) is 2. The normalized spacial score (nSPS) is 13.9. The molecule has 0 atom stereocenters. The maximum Gasteiger partial charge on any atom is 0.231 e. The van der Waals surface area contributed by atoms with E-state index in [4.69, 9.17) is 18.9 Å². The third-order valence-electron chi connectivity index (χ3n) is 4.36. The van der Waals surface area contributed by atoms with Crippen molar-refractivity contribution in [3.05, 3.63) is 54.2 Å². The summed E-state index contributed by atoms with van der Waals surface area (Å²) in [6.45, 7) is 2.00. The number of ether oxygens (including phenoxy) is 4. The predicted octanol–water partition coefficient (Wildman–Crippen LogP) is 3.33. The average Bonchev–Trinajstić information content (AvgIpc) is 3.20. The van der Waals surface area contributed by atoms with E-state index in [1.165, 1.54) is 0 Å². The van der Waals surface area contributed by atoms with Gasteiger partial charge < -0.3 is 29.6 Å². The summed E-state index contributed by atoms with van der Waals surface area (Å²) in [6.07, 6.45) is 1.70. The van der Waals surface area contributed by atoms with Crippen LogP contribution in [0.1, 0.15) is 5.56 Å². The van der Waals surface area contributed by atoms with Gasteiger partial charge in [0.05, 0.1) is 0 Å².